The van der Waals surface area contributed by atoms with Gasteiger partial charge in [-0.1, -0.05) is 0 Å². The SMILES string of the molecule is CCCCC[PH2]=[Se]. The predicted octanol–water partition coefficient (Wildman–Crippen LogP) is 1.67. The Hall–Kier alpha value is 0.949. The Morgan fingerprint density at radius 1 is 1.43 bits per heavy atom. The van der Waals surface area contributed by atoms with E-state index in [9.17, 15) is 0 Å². The molecule has 0 nitrogen and oxygen atoms in total. The fourth-order valence-electron chi connectivity index (χ4n) is 0.478. The van der Waals surface area contributed by atoms with Crippen LogP contribution in [0.3, 0.4) is 0 Å². The summed E-state index contributed by atoms with van der Waals surface area (Å²) in [5.41, 5.74) is 0. The van der Waals surface area contributed by atoms with E-state index in [1.807, 2.05) is 0 Å². The second kappa shape index (κ2) is 6.95. The van der Waals surface area contributed by atoms with Crippen LogP contribution in [0.2, 0.25) is 0 Å². The molecule has 0 radical (unpaired) electrons. The van der Waals surface area contributed by atoms with E-state index in [1.165, 1.54) is 25.4 Å². The number of unbranched alkanes of at least 4 members (excludes halogenated alkanes) is 2. The third kappa shape index (κ3) is 6.95. The maximum absolute atomic E-state index is 3.08. The van der Waals surface area contributed by atoms with E-state index >= 15 is 0 Å². The summed E-state index contributed by atoms with van der Waals surface area (Å²) >= 11 is 3.08. The van der Waals surface area contributed by atoms with Gasteiger partial charge < -0.3 is 0 Å². The van der Waals surface area contributed by atoms with E-state index in [1.54, 1.807) is 0 Å². The molecule has 0 fully saturated rings. The van der Waals surface area contributed by atoms with Gasteiger partial charge in [-0.3, -0.25) is 0 Å². The van der Waals surface area contributed by atoms with Crippen LogP contribution in [0.25, 0.3) is 0 Å². The Morgan fingerprint density at radius 3 is 2.57 bits per heavy atom. The molecule has 7 heavy (non-hydrogen) atoms. The van der Waals surface area contributed by atoms with Crippen molar-refractivity contribution in [3.05, 3.63) is 0 Å². The van der Waals surface area contributed by atoms with Crippen molar-refractivity contribution in [2.24, 2.45) is 0 Å². The normalized spacial score (nSPS) is 11.0. The zero-order valence-corrected chi connectivity index (χ0v) is 7.68. The van der Waals surface area contributed by atoms with E-state index in [0.717, 1.165) is 0 Å². The molecule has 1 atom stereocenters. The van der Waals surface area contributed by atoms with Crippen LogP contribution >= 0.6 is 6.83 Å². The molecule has 0 heterocycles. The minimum atomic E-state index is 0.656. The van der Waals surface area contributed by atoms with Gasteiger partial charge >= 0.3 is 54.3 Å². The van der Waals surface area contributed by atoms with Crippen LogP contribution in [0.15, 0.2) is 0 Å². The topological polar surface area (TPSA) is 0 Å². The molecule has 0 rings (SSSR count). The van der Waals surface area contributed by atoms with E-state index in [4.69, 9.17) is 0 Å². The second-order valence-electron chi connectivity index (χ2n) is 1.66. The molecule has 44 valence electrons. The third-order valence-corrected chi connectivity index (χ3v) is 3.05. The van der Waals surface area contributed by atoms with Crippen LogP contribution in [0.4, 0.5) is 0 Å². The number of hydrogen-bond donors (Lipinski definition) is 0. The molecular weight excluding hydrogens is 170 g/mol. The molecule has 0 N–H and O–H groups in total. The molecule has 0 aromatic carbocycles. The first-order valence-electron chi connectivity index (χ1n) is 2.85. The summed E-state index contributed by atoms with van der Waals surface area (Å²) in [6.45, 7) is 2.90. The van der Waals surface area contributed by atoms with E-state index in [0.29, 0.717) is 6.83 Å². The van der Waals surface area contributed by atoms with Crippen LogP contribution in [0.5, 0.6) is 0 Å². The summed E-state index contributed by atoms with van der Waals surface area (Å²) in [5.74, 6) is 0. The summed E-state index contributed by atoms with van der Waals surface area (Å²) in [6.07, 6.45) is 5.68. The first kappa shape index (κ1) is 7.95. The zero-order valence-electron chi connectivity index (χ0n) is 4.81. The summed E-state index contributed by atoms with van der Waals surface area (Å²) in [5, 5.41) is 0. The molecule has 0 aliphatic heterocycles. The quantitative estimate of drug-likeness (QED) is 0.353. The predicted molar refractivity (Wildman–Crippen MR) is 39.9 cm³/mol. The molecule has 0 aliphatic carbocycles. The van der Waals surface area contributed by atoms with Crippen LogP contribution in [-0.4, -0.2) is 21.3 Å². The zero-order chi connectivity index (χ0) is 5.54. The average Bonchev–Trinajstić information content (AvgIpc) is 1.69. The van der Waals surface area contributed by atoms with Crippen molar-refractivity contribution in [2.45, 2.75) is 26.2 Å². The number of rotatable bonds is 4. The molecule has 0 aromatic heterocycles. The molecule has 0 aromatic rings. The Bertz CT molecular complexity index is 45.3. The van der Waals surface area contributed by atoms with E-state index < -0.39 is 0 Å². The van der Waals surface area contributed by atoms with Crippen molar-refractivity contribution in [3.63, 3.8) is 0 Å². The van der Waals surface area contributed by atoms with Crippen LogP contribution in [-0.2, 0) is 0 Å². The molecule has 1 unspecified atom stereocenters. The molecule has 0 saturated carbocycles. The Balaban J connectivity index is 2.56. The fraction of sp³-hybridized carbons (Fsp3) is 1.00. The van der Waals surface area contributed by atoms with Crippen molar-refractivity contribution in [2.75, 3.05) is 6.16 Å². The second-order valence-corrected chi connectivity index (χ2v) is 4.67. The van der Waals surface area contributed by atoms with E-state index in [-0.39, 0.29) is 0 Å². The molecular formula is C5H13PSe. The van der Waals surface area contributed by atoms with Crippen LogP contribution in [0.1, 0.15) is 26.2 Å². The monoisotopic (exact) mass is 184 g/mol. The Kier molecular flexibility index (Phi) is 7.89. The number of hydrogen-bond acceptors (Lipinski definition) is 0. The van der Waals surface area contributed by atoms with Gasteiger partial charge in [0.15, 0.2) is 0 Å². The van der Waals surface area contributed by atoms with Gasteiger partial charge in [0.05, 0.1) is 0 Å². The molecule has 0 spiro atoms. The van der Waals surface area contributed by atoms with Crippen molar-refractivity contribution >= 4 is 21.9 Å². The summed E-state index contributed by atoms with van der Waals surface area (Å²) in [4.78, 5) is 0. The van der Waals surface area contributed by atoms with Gasteiger partial charge in [0, 0.05) is 0 Å². The summed E-state index contributed by atoms with van der Waals surface area (Å²) < 4.78 is 0. The first-order chi connectivity index (χ1) is 3.41. The standard InChI is InChI=1S/C5H13PSe/c1-2-3-4-5-6-7/h2-6H2,1H3. The summed E-state index contributed by atoms with van der Waals surface area (Å²) in [6, 6.07) is 0. The molecule has 0 amide bonds. The van der Waals surface area contributed by atoms with Gasteiger partial charge in [0.25, 0.3) is 0 Å². The Morgan fingerprint density at radius 2 is 2.14 bits per heavy atom. The molecule has 0 bridgehead atoms. The van der Waals surface area contributed by atoms with Crippen LogP contribution < -0.4 is 0 Å². The van der Waals surface area contributed by atoms with Gasteiger partial charge in [-0.2, -0.15) is 0 Å². The fourth-order valence-corrected chi connectivity index (χ4v) is 1.98. The molecule has 2 heteroatoms. The average molecular weight is 183 g/mol. The minimum absolute atomic E-state index is 0.656. The summed E-state index contributed by atoms with van der Waals surface area (Å²) in [7, 11) is 0. The van der Waals surface area contributed by atoms with Gasteiger partial charge in [-0.25, -0.2) is 0 Å². The van der Waals surface area contributed by atoms with Crippen LogP contribution in [0, 0.1) is 0 Å². The third-order valence-electron chi connectivity index (χ3n) is 0.926. The Labute approximate surface area is 54.7 Å². The van der Waals surface area contributed by atoms with Gasteiger partial charge in [0.2, 0.25) is 0 Å². The van der Waals surface area contributed by atoms with Crippen molar-refractivity contribution in [3.8, 4) is 0 Å². The van der Waals surface area contributed by atoms with Crippen molar-refractivity contribution in [1.82, 2.24) is 0 Å². The molecule has 0 aliphatic rings. The van der Waals surface area contributed by atoms with Gasteiger partial charge in [0.1, 0.15) is 0 Å². The first-order valence-corrected chi connectivity index (χ1v) is 7.11. The van der Waals surface area contributed by atoms with Crippen molar-refractivity contribution < 1.29 is 0 Å². The van der Waals surface area contributed by atoms with Crippen molar-refractivity contribution in [1.29, 1.82) is 0 Å². The molecule has 0 saturated heterocycles. The maximum atomic E-state index is 3.08. The van der Waals surface area contributed by atoms with Gasteiger partial charge in [-0.05, 0) is 0 Å². The van der Waals surface area contributed by atoms with Gasteiger partial charge in [-0.15, -0.1) is 0 Å². The van der Waals surface area contributed by atoms with E-state index in [2.05, 4.69) is 22.0 Å².